The van der Waals surface area contributed by atoms with Crippen molar-refractivity contribution in [2.45, 2.75) is 6.04 Å². The molecule has 0 bridgehead atoms. The van der Waals surface area contributed by atoms with Gasteiger partial charge in [0, 0.05) is 25.3 Å². The van der Waals surface area contributed by atoms with E-state index in [1.807, 2.05) is 23.1 Å². The number of piperazine rings is 1. The molecule has 1 atom stereocenters. The van der Waals surface area contributed by atoms with Gasteiger partial charge >= 0.3 is 6.09 Å². The summed E-state index contributed by atoms with van der Waals surface area (Å²) in [5.74, 6) is 0. The Bertz CT molecular complexity index is 393. The molecule has 2 aliphatic heterocycles. The van der Waals surface area contributed by atoms with Crippen molar-refractivity contribution in [1.82, 2.24) is 4.90 Å². The van der Waals surface area contributed by atoms with Crippen LogP contribution in [0, 0.1) is 0 Å². The first-order valence-corrected chi connectivity index (χ1v) is 5.58. The molecule has 2 heterocycles. The molecule has 0 saturated carbocycles. The number of ether oxygens (including phenoxy) is 1. The highest BCUT2D eigenvalue weighted by atomic mass is 16.6. The standard InChI is InChI=1S/C12H14N2O2/c15-12-14-7-6-13(8-11(14)9-16-12)10-4-2-1-3-5-10/h1-5,11H,6-9H2. The van der Waals surface area contributed by atoms with Crippen LogP contribution >= 0.6 is 0 Å². The zero-order valence-corrected chi connectivity index (χ0v) is 9.00. The summed E-state index contributed by atoms with van der Waals surface area (Å²) in [4.78, 5) is 15.5. The van der Waals surface area contributed by atoms with Crippen LogP contribution < -0.4 is 4.90 Å². The van der Waals surface area contributed by atoms with E-state index in [4.69, 9.17) is 4.74 Å². The summed E-state index contributed by atoms with van der Waals surface area (Å²) in [5.41, 5.74) is 1.22. The maximum atomic E-state index is 11.3. The number of cyclic esters (lactones) is 1. The largest absolute Gasteiger partial charge is 0.447 e. The first kappa shape index (κ1) is 9.51. The van der Waals surface area contributed by atoms with Crippen molar-refractivity contribution in [2.75, 3.05) is 31.1 Å². The second-order valence-corrected chi connectivity index (χ2v) is 4.21. The molecule has 2 fully saturated rings. The first-order valence-electron chi connectivity index (χ1n) is 5.58. The number of hydrogen-bond donors (Lipinski definition) is 0. The van der Waals surface area contributed by atoms with Gasteiger partial charge in [-0.05, 0) is 12.1 Å². The lowest BCUT2D eigenvalue weighted by Gasteiger charge is -2.36. The van der Waals surface area contributed by atoms with Gasteiger partial charge in [0.1, 0.15) is 6.61 Å². The van der Waals surface area contributed by atoms with E-state index < -0.39 is 0 Å². The molecule has 0 aliphatic carbocycles. The number of para-hydroxylation sites is 1. The zero-order valence-electron chi connectivity index (χ0n) is 9.00. The molecule has 0 radical (unpaired) electrons. The van der Waals surface area contributed by atoms with Crippen LogP contribution in [0.4, 0.5) is 10.5 Å². The van der Waals surface area contributed by atoms with Gasteiger partial charge in [0.15, 0.2) is 0 Å². The van der Waals surface area contributed by atoms with Gasteiger partial charge < -0.3 is 9.64 Å². The van der Waals surface area contributed by atoms with E-state index in [1.165, 1.54) is 5.69 Å². The highest BCUT2D eigenvalue weighted by Gasteiger charge is 2.37. The number of carbonyl (C=O) groups excluding carboxylic acids is 1. The average molecular weight is 218 g/mol. The van der Waals surface area contributed by atoms with Crippen LogP contribution in [0.1, 0.15) is 0 Å². The van der Waals surface area contributed by atoms with Crippen LogP contribution in [0.25, 0.3) is 0 Å². The number of carbonyl (C=O) groups is 1. The molecule has 2 saturated heterocycles. The summed E-state index contributed by atoms with van der Waals surface area (Å²) < 4.78 is 5.04. The molecule has 1 amide bonds. The number of fused-ring (bicyclic) bond motifs is 1. The molecule has 84 valence electrons. The molecule has 3 rings (SSSR count). The summed E-state index contributed by atoms with van der Waals surface area (Å²) in [5, 5.41) is 0. The van der Waals surface area contributed by atoms with Gasteiger partial charge in [-0.3, -0.25) is 4.90 Å². The van der Waals surface area contributed by atoms with Gasteiger partial charge in [-0.1, -0.05) is 18.2 Å². The SMILES string of the molecule is O=C1OCC2CN(c3ccccc3)CCN12. The van der Waals surface area contributed by atoms with Crippen LogP contribution in [-0.2, 0) is 4.74 Å². The fourth-order valence-corrected chi connectivity index (χ4v) is 2.36. The minimum atomic E-state index is -0.155. The number of nitrogens with zero attached hydrogens (tertiary/aromatic N) is 2. The summed E-state index contributed by atoms with van der Waals surface area (Å²) in [7, 11) is 0. The van der Waals surface area contributed by atoms with Gasteiger partial charge in [0.2, 0.25) is 0 Å². The molecule has 0 spiro atoms. The monoisotopic (exact) mass is 218 g/mol. The van der Waals surface area contributed by atoms with Crippen molar-refractivity contribution in [3.63, 3.8) is 0 Å². The van der Waals surface area contributed by atoms with Crippen molar-refractivity contribution in [3.05, 3.63) is 30.3 Å². The highest BCUT2D eigenvalue weighted by Crippen LogP contribution is 2.22. The summed E-state index contributed by atoms with van der Waals surface area (Å²) in [6.45, 7) is 3.05. The summed E-state index contributed by atoms with van der Waals surface area (Å²) in [6, 6.07) is 10.5. The third kappa shape index (κ3) is 1.50. The number of amides is 1. The Labute approximate surface area is 94.4 Å². The molecule has 16 heavy (non-hydrogen) atoms. The maximum Gasteiger partial charge on any atom is 0.410 e. The second-order valence-electron chi connectivity index (χ2n) is 4.21. The van der Waals surface area contributed by atoms with Gasteiger partial charge in [0.25, 0.3) is 0 Å². The molecule has 1 aromatic rings. The van der Waals surface area contributed by atoms with Gasteiger partial charge in [-0.15, -0.1) is 0 Å². The number of anilines is 1. The fraction of sp³-hybridized carbons (Fsp3) is 0.417. The van der Waals surface area contributed by atoms with Crippen LogP contribution in [0.2, 0.25) is 0 Å². The van der Waals surface area contributed by atoms with E-state index in [0.717, 1.165) is 19.6 Å². The summed E-state index contributed by atoms with van der Waals surface area (Å²) >= 11 is 0. The van der Waals surface area contributed by atoms with E-state index >= 15 is 0 Å². The lowest BCUT2D eigenvalue weighted by atomic mass is 10.2. The van der Waals surface area contributed by atoms with Crippen molar-refractivity contribution in [3.8, 4) is 0 Å². The van der Waals surface area contributed by atoms with Crippen molar-refractivity contribution < 1.29 is 9.53 Å². The molecule has 4 nitrogen and oxygen atoms in total. The molecular weight excluding hydrogens is 204 g/mol. The van der Waals surface area contributed by atoms with E-state index in [-0.39, 0.29) is 12.1 Å². The molecule has 0 aromatic heterocycles. The fourth-order valence-electron chi connectivity index (χ4n) is 2.36. The average Bonchev–Trinajstić information content (AvgIpc) is 2.72. The van der Waals surface area contributed by atoms with Crippen molar-refractivity contribution in [2.24, 2.45) is 0 Å². The predicted octanol–water partition coefficient (Wildman–Crippen LogP) is 1.33. The van der Waals surface area contributed by atoms with Gasteiger partial charge in [-0.25, -0.2) is 4.79 Å². The molecule has 0 N–H and O–H groups in total. The van der Waals surface area contributed by atoms with E-state index in [0.29, 0.717) is 6.61 Å². The Kier molecular flexibility index (Phi) is 2.20. The highest BCUT2D eigenvalue weighted by molar-refractivity contribution is 5.70. The van der Waals surface area contributed by atoms with Crippen LogP contribution in [0.3, 0.4) is 0 Å². The molecule has 4 heteroatoms. The molecular formula is C12H14N2O2. The van der Waals surface area contributed by atoms with E-state index in [9.17, 15) is 4.79 Å². The van der Waals surface area contributed by atoms with E-state index in [1.54, 1.807) is 0 Å². The van der Waals surface area contributed by atoms with Crippen LogP contribution in [0.5, 0.6) is 0 Å². The minimum absolute atomic E-state index is 0.155. The number of rotatable bonds is 1. The minimum Gasteiger partial charge on any atom is -0.447 e. The Hall–Kier alpha value is -1.71. The molecule has 1 aromatic carbocycles. The van der Waals surface area contributed by atoms with Gasteiger partial charge in [0.05, 0.1) is 6.04 Å². The van der Waals surface area contributed by atoms with Crippen molar-refractivity contribution in [1.29, 1.82) is 0 Å². The Morgan fingerprint density at radius 1 is 1.19 bits per heavy atom. The zero-order chi connectivity index (χ0) is 11.0. The topological polar surface area (TPSA) is 32.8 Å². The Morgan fingerprint density at radius 3 is 2.81 bits per heavy atom. The number of hydrogen-bond acceptors (Lipinski definition) is 3. The number of benzene rings is 1. The van der Waals surface area contributed by atoms with Crippen molar-refractivity contribution >= 4 is 11.8 Å². The maximum absolute atomic E-state index is 11.3. The predicted molar refractivity (Wildman–Crippen MR) is 60.5 cm³/mol. The normalized spacial score (nSPS) is 24.2. The smallest absolute Gasteiger partial charge is 0.410 e. The quantitative estimate of drug-likeness (QED) is 0.713. The lowest BCUT2D eigenvalue weighted by molar-refractivity contribution is 0.157. The Balaban J connectivity index is 1.75. The third-order valence-electron chi connectivity index (χ3n) is 3.24. The van der Waals surface area contributed by atoms with Crippen LogP contribution in [0.15, 0.2) is 30.3 Å². The van der Waals surface area contributed by atoms with Gasteiger partial charge in [-0.2, -0.15) is 0 Å². The molecule has 1 unspecified atom stereocenters. The summed E-state index contributed by atoms with van der Waals surface area (Å²) in [6.07, 6.45) is -0.155. The Morgan fingerprint density at radius 2 is 2.00 bits per heavy atom. The van der Waals surface area contributed by atoms with E-state index in [2.05, 4.69) is 17.0 Å². The second kappa shape index (κ2) is 3.70. The van der Waals surface area contributed by atoms with Crippen LogP contribution in [-0.4, -0.2) is 43.3 Å². The third-order valence-corrected chi connectivity index (χ3v) is 3.24. The lowest BCUT2D eigenvalue weighted by Crippen LogP contribution is -2.52. The first-order chi connectivity index (χ1) is 7.84. The molecule has 2 aliphatic rings.